The molecule has 4 rings (SSSR count). The fourth-order valence-corrected chi connectivity index (χ4v) is 4.49. The average Bonchev–Trinajstić information content (AvgIpc) is 2.91. The number of hydrogen-bond donors (Lipinski definition) is 1. The highest BCUT2D eigenvalue weighted by Gasteiger charge is 2.19. The normalized spacial score (nSPS) is 13.5. The van der Waals surface area contributed by atoms with E-state index in [1.54, 1.807) is 20.5 Å². The Morgan fingerprint density at radius 3 is 2.44 bits per heavy atom. The van der Waals surface area contributed by atoms with Crippen molar-refractivity contribution in [1.29, 1.82) is 0 Å². The van der Waals surface area contributed by atoms with Gasteiger partial charge in [0, 0.05) is 50.0 Å². The highest BCUT2D eigenvalue weighted by molar-refractivity contribution is 7.99. The quantitative estimate of drug-likeness (QED) is 0.370. The lowest BCUT2D eigenvalue weighted by atomic mass is 10.2. The topological polar surface area (TPSA) is 79.8 Å². The molecule has 1 aliphatic rings. The molecule has 0 radical (unpaired) electrons. The van der Waals surface area contributed by atoms with Gasteiger partial charge in [0.1, 0.15) is 28.7 Å². The van der Waals surface area contributed by atoms with Crippen LogP contribution in [0, 0.1) is 0 Å². The number of amides is 1. The number of carbonyl (C=O) groups is 1. The molecular weight excluding hydrogens is 450 g/mol. The Balaban J connectivity index is 1.26. The van der Waals surface area contributed by atoms with Crippen molar-refractivity contribution < 1.29 is 14.3 Å². The summed E-state index contributed by atoms with van der Waals surface area (Å²) in [5.74, 6) is 2.76. The number of nitrogens with zero attached hydrogens (tertiary/aromatic N) is 4. The number of ether oxygens (including phenoxy) is 2. The van der Waals surface area contributed by atoms with Crippen LogP contribution in [0.2, 0.25) is 0 Å². The molecule has 0 atom stereocenters. The molecule has 0 unspecified atom stereocenters. The lowest BCUT2D eigenvalue weighted by Gasteiger charge is -2.36. The summed E-state index contributed by atoms with van der Waals surface area (Å²) in [6.45, 7) is 3.98. The monoisotopic (exact) mass is 479 g/mol. The van der Waals surface area contributed by atoms with E-state index in [2.05, 4.69) is 37.2 Å². The van der Waals surface area contributed by atoms with Crippen LogP contribution in [0.5, 0.6) is 11.5 Å². The first-order valence-corrected chi connectivity index (χ1v) is 12.1. The van der Waals surface area contributed by atoms with Crippen molar-refractivity contribution in [1.82, 2.24) is 15.3 Å². The Labute approximate surface area is 204 Å². The summed E-state index contributed by atoms with van der Waals surface area (Å²) < 4.78 is 10.6. The minimum atomic E-state index is -0.0517. The maximum atomic E-state index is 12.3. The summed E-state index contributed by atoms with van der Waals surface area (Å²) >= 11 is 1.41. The molecule has 1 fully saturated rings. The van der Waals surface area contributed by atoms with Crippen LogP contribution in [-0.4, -0.2) is 62.0 Å². The number of carbonyl (C=O) groups excluding carboxylic acids is 1. The van der Waals surface area contributed by atoms with E-state index >= 15 is 0 Å². The van der Waals surface area contributed by atoms with E-state index in [1.165, 1.54) is 17.4 Å². The molecule has 1 N–H and O–H groups in total. The van der Waals surface area contributed by atoms with Gasteiger partial charge in [-0.1, -0.05) is 30.0 Å². The van der Waals surface area contributed by atoms with Crippen LogP contribution in [0.15, 0.2) is 66.0 Å². The molecule has 3 aromatic rings. The molecule has 8 nitrogen and oxygen atoms in total. The molecule has 9 heteroatoms. The number of rotatable bonds is 9. The number of methoxy groups -OCH3 is 2. The molecule has 2 aromatic carbocycles. The van der Waals surface area contributed by atoms with E-state index in [0.29, 0.717) is 6.54 Å². The average molecular weight is 480 g/mol. The number of piperazine rings is 1. The van der Waals surface area contributed by atoms with Gasteiger partial charge < -0.3 is 24.6 Å². The first kappa shape index (κ1) is 23.7. The smallest absolute Gasteiger partial charge is 0.230 e. The van der Waals surface area contributed by atoms with Gasteiger partial charge in [0.25, 0.3) is 0 Å². The van der Waals surface area contributed by atoms with Crippen molar-refractivity contribution in [3.05, 3.63) is 66.5 Å². The molecule has 1 aromatic heterocycles. The number of para-hydroxylation sites is 1. The summed E-state index contributed by atoms with van der Waals surface area (Å²) in [5, 5.41) is 3.73. The second kappa shape index (κ2) is 11.6. The Hall–Kier alpha value is -3.46. The van der Waals surface area contributed by atoms with E-state index in [0.717, 1.165) is 54.1 Å². The van der Waals surface area contributed by atoms with Crippen LogP contribution in [0.4, 0.5) is 11.5 Å². The van der Waals surface area contributed by atoms with Crippen molar-refractivity contribution >= 4 is 29.2 Å². The van der Waals surface area contributed by atoms with E-state index in [1.807, 2.05) is 42.5 Å². The Kier molecular flexibility index (Phi) is 8.08. The molecule has 0 saturated carbocycles. The molecule has 0 aliphatic carbocycles. The molecule has 1 aliphatic heterocycles. The van der Waals surface area contributed by atoms with E-state index in [4.69, 9.17) is 9.47 Å². The zero-order chi connectivity index (χ0) is 23.8. The molecule has 1 amide bonds. The third kappa shape index (κ3) is 6.11. The summed E-state index contributed by atoms with van der Waals surface area (Å²) in [6, 6.07) is 17.8. The maximum absolute atomic E-state index is 12.3. The number of nitrogens with one attached hydrogen (secondary N) is 1. The van der Waals surface area contributed by atoms with Crippen LogP contribution in [0.25, 0.3) is 0 Å². The van der Waals surface area contributed by atoms with Crippen molar-refractivity contribution in [3.8, 4) is 11.5 Å². The highest BCUT2D eigenvalue weighted by Crippen LogP contribution is 2.24. The van der Waals surface area contributed by atoms with E-state index in [9.17, 15) is 4.79 Å². The van der Waals surface area contributed by atoms with Crippen molar-refractivity contribution in [2.45, 2.75) is 11.6 Å². The Morgan fingerprint density at radius 1 is 0.971 bits per heavy atom. The zero-order valence-electron chi connectivity index (χ0n) is 19.4. The fraction of sp³-hybridized carbons (Fsp3) is 0.320. The molecule has 34 heavy (non-hydrogen) atoms. The SMILES string of the molecule is COc1ccc(N2CCN(c3cc(SCC(=O)NCc4ccccc4OC)ncn3)CC2)cc1. The summed E-state index contributed by atoms with van der Waals surface area (Å²) in [4.78, 5) is 25.8. The molecule has 1 saturated heterocycles. The van der Waals surface area contributed by atoms with Crippen LogP contribution in [0.3, 0.4) is 0 Å². The number of aromatic nitrogens is 2. The van der Waals surface area contributed by atoms with E-state index in [-0.39, 0.29) is 11.7 Å². The van der Waals surface area contributed by atoms with Crippen molar-refractivity contribution in [2.24, 2.45) is 0 Å². The second-order valence-electron chi connectivity index (χ2n) is 7.76. The summed E-state index contributed by atoms with van der Waals surface area (Å²) in [6.07, 6.45) is 1.57. The highest BCUT2D eigenvalue weighted by atomic mass is 32.2. The first-order chi connectivity index (χ1) is 16.7. The first-order valence-electron chi connectivity index (χ1n) is 11.1. The predicted octanol–water partition coefficient (Wildman–Crippen LogP) is 3.23. The number of thioether (sulfide) groups is 1. The van der Waals surface area contributed by atoms with Crippen LogP contribution < -0.4 is 24.6 Å². The molecule has 0 bridgehead atoms. The lowest BCUT2D eigenvalue weighted by Crippen LogP contribution is -2.46. The Bertz CT molecular complexity index is 1090. The van der Waals surface area contributed by atoms with Gasteiger partial charge in [-0.05, 0) is 30.3 Å². The van der Waals surface area contributed by atoms with E-state index < -0.39 is 0 Å². The van der Waals surface area contributed by atoms with Crippen molar-refractivity contribution in [2.75, 3.05) is 56.0 Å². The summed E-state index contributed by atoms with van der Waals surface area (Å²) in [7, 11) is 3.30. The molecule has 0 spiro atoms. The third-order valence-corrected chi connectivity index (χ3v) is 6.61. The summed E-state index contributed by atoms with van der Waals surface area (Å²) in [5.41, 5.74) is 2.14. The number of anilines is 2. The number of benzene rings is 2. The van der Waals surface area contributed by atoms with Gasteiger partial charge >= 0.3 is 0 Å². The van der Waals surface area contributed by atoms with Crippen LogP contribution >= 0.6 is 11.8 Å². The van der Waals surface area contributed by atoms with Gasteiger partial charge in [-0.2, -0.15) is 0 Å². The molecular formula is C25H29N5O3S. The zero-order valence-corrected chi connectivity index (χ0v) is 20.3. The Morgan fingerprint density at radius 2 is 1.71 bits per heavy atom. The van der Waals surface area contributed by atoms with Gasteiger partial charge in [0.15, 0.2) is 0 Å². The third-order valence-electron chi connectivity index (χ3n) is 5.69. The fourth-order valence-electron chi connectivity index (χ4n) is 3.80. The van der Waals surface area contributed by atoms with Crippen LogP contribution in [0.1, 0.15) is 5.56 Å². The van der Waals surface area contributed by atoms with Gasteiger partial charge in [0.2, 0.25) is 5.91 Å². The van der Waals surface area contributed by atoms with Gasteiger partial charge in [-0.25, -0.2) is 9.97 Å². The minimum absolute atomic E-state index is 0.0517. The number of hydrogen-bond acceptors (Lipinski definition) is 8. The minimum Gasteiger partial charge on any atom is -0.497 e. The van der Waals surface area contributed by atoms with Crippen LogP contribution in [-0.2, 0) is 11.3 Å². The van der Waals surface area contributed by atoms with Crippen molar-refractivity contribution in [3.63, 3.8) is 0 Å². The van der Waals surface area contributed by atoms with Gasteiger partial charge in [-0.3, -0.25) is 4.79 Å². The standard InChI is InChI=1S/C25H29N5O3S/c1-32-21-9-7-20(8-10-21)29-11-13-30(14-12-29)23-15-25(28-18-27-23)34-17-24(31)26-16-19-5-3-4-6-22(19)33-2/h3-10,15,18H,11-14,16-17H2,1-2H3,(H,26,31). The maximum Gasteiger partial charge on any atom is 0.230 e. The lowest BCUT2D eigenvalue weighted by molar-refractivity contribution is -0.118. The van der Waals surface area contributed by atoms with Gasteiger partial charge in [0.05, 0.1) is 20.0 Å². The largest absolute Gasteiger partial charge is 0.497 e. The molecule has 2 heterocycles. The van der Waals surface area contributed by atoms with Gasteiger partial charge in [-0.15, -0.1) is 0 Å². The predicted molar refractivity (Wildman–Crippen MR) is 135 cm³/mol. The second-order valence-corrected chi connectivity index (χ2v) is 8.76. The molecule has 178 valence electrons.